The fraction of sp³-hybridized carbons (Fsp3) is 0.769. The minimum Gasteiger partial charge on any atom is -0.337 e. The molecule has 1 N–H and O–H groups in total. The number of nitrogens with zero attached hydrogens (tertiary/aromatic N) is 2. The van der Waals surface area contributed by atoms with E-state index >= 15 is 0 Å². The third-order valence-electron chi connectivity index (χ3n) is 3.87. The highest BCUT2D eigenvalue weighted by atomic mass is 15.1. The van der Waals surface area contributed by atoms with Gasteiger partial charge in [-0.15, -0.1) is 0 Å². The third-order valence-corrected chi connectivity index (χ3v) is 3.87. The van der Waals surface area contributed by atoms with Crippen LogP contribution in [0.1, 0.15) is 51.4 Å². The van der Waals surface area contributed by atoms with Crippen LogP contribution < -0.4 is 5.32 Å². The molecule has 1 unspecified atom stereocenters. The maximum absolute atomic E-state index is 4.40. The van der Waals surface area contributed by atoms with Crippen LogP contribution in [0.2, 0.25) is 0 Å². The maximum atomic E-state index is 4.40. The minimum atomic E-state index is 0.343. The van der Waals surface area contributed by atoms with Crippen molar-refractivity contribution >= 4 is 0 Å². The zero-order chi connectivity index (χ0) is 11.5. The Hall–Kier alpha value is -0.830. The summed E-state index contributed by atoms with van der Waals surface area (Å²) in [6, 6.07) is 0.949. The van der Waals surface area contributed by atoms with Crippen LogP contribution in [-0.2, 0) is 7.05 Å². The molecule has 1 saturated carbocycles. The molecule has 0 saturated heterocycles. The Balaban J connectivity index is 1.91. The van der Waals surface area contributed by atoms with Crippen LogP contribution in [0, 0.1) is 5.92 Å². The summed E-state index contributed by atoms with van der Waals surface area (Å²) in [5.41, 5.74) is 0. The second-order valence-corrected chi connectivity index (χ2v) is 5.12. The Morgan fingerprint density at radius 3 is 2.62 bits per heavy atom. The molecule has 0 aromatic carbocycles. The van der Waals surface area contributed by atoms with E-state index in [4.69, 9.17) is 0 Å². The van der Waals surface area contributed by atoms with Gasteiger partial charge >= 0.3 is 0 Å². The average molecular weight is 221 g/mol. The first-order valence-corrected chi connectivity index (χ1v) is 6.41. The maximum Gasteiger partial charge on any atom is 0.125 e. The largest absolute Gasteiger partial charge is 0.337 e. The van der Waals surface area contributed by atoms with E-state index in [-0.39, 0.29) is 0 Å². The van der Waals surface area contributed by atoms with Gasteiger partial charge in [-0.05, 0) is 32.6 Å². The van der Waals surface area contributed by atoms with E-state index < -0.39 is 0 Å². The molecule has 1 aromatic heterocycles. The van der Waals surface area contributed by atoms with Gasteiger partial charge in [0.15, 0.2) is 0 Å². The molecule has 0 aliphatic heterocycles. The summed E-state index contributed by atoms with van der Waals surface area (Å²) in [5, 5.41) is 3.68. The second-order valence-electron chi connectivity index (χ2n) is 5.12. The second kappa shape index (κ2) is 5.00. The fourth-order valence-corrected chi connectivity index (χ4v) is 2.86. The van der Waals surface area contributed by atoms with Gasteiger partial charge in [0.05, 0.1) is 6.04 Å². The molecule has 2 rings (SSSR count). The first-order chi connectivity index (χ1) is 7.68. The van der Waals surface area contributed by atoms with Crippen LogP contribution in [-0.4, -0.2) is 15.6 Å². The monoisotopic (exact) mass is 221 g/mol. The number of hydrogen-bond acceptors (Lipinski definition) is 2. The lowest BCUT2D eigenvalue weighted by Gasteiger charge is -2.24. The highest BCUT2D eigenvalue weighted by Crippen LogP contribution is 2.28. The molecule has 90 valence electrons. The number of nitrogens with one attached hydrogen (secondary N) is 1. The number of imidazole rings is 1. The van der Waals surface area contributed by atoms with E-state index in [0.29, 0.717) is 12.1 Å². The predicted octanol–water partition coefficient (Wildman–Crippen LogP) is 2.65. The molecule has 1 aromatic rings. The molecule has 0 amide bonds. The van der Waals surface area contributed by atoms with Crippen molar-refractivity contribution in [2.24, 2.45) is 13.0 Å². The summed E-state index contributed by atoms with van der Waals surface area (Å²) < 4.78 is 2.10. The van der Waals surface area contributed by atoms with E-state index in [0.717, 1.165) is 11.7 Å². The highest BCUT2D eigenvalue weighted by Gasteiger charge is 2.23. The molecule has 1 aliphatic rings. The Labute approximate surface area is 98.3 Å². The van der Waals surface area contributed by atoms with Gasteiger partial charge in [0.25, 0.3) is 0 Å². The van der Waals surface area contributed by atoms with Crippen LogP contribution in [0.3, 0.4) is 0 Å². The van der Waals surface area contributed by atoms with Gasteiger partial charge in [-0.3, -0.25) is 0 Å². The lowest BCUT2D eigenvalue weighted by atomic mass is 9.99. The van der Waals surface area contributed by atoms with E-state index in [1.807, 2.05) is 12.4 Å². The molecule has 3 nitrogen and oxygen atoms in total. The van der Waals surface area contributed by atoms with Gasteiger partial charge in [0, 0.05) is 25.5 Å². The predicted molar refractivity (Wildman–Crippen MR) is 66.2 cm³/mol. The quantitative estimate of drug-likeness (QED) is 0.847. The van der Waals surface area contributed by atoms with Gasteiger partial charge in [-0.25, -0.2) is 4.98 Å². The van der Waals surface area contributed by atoms with Crippen molar-refractivity contribution in [1.29, 1.82) is 0 Å². The Bertz CT molecular complexity index is 326. The molecular formula is C13H23N3. The van der Waals surface area contributed by atoms with Crippen molar-refractivity contribution in [3.8, 4) is 0 Å². The summed E-state index contributed by atoms with van der Waals surface area (Å²) >= 11 is 0. The van der Waals surface area contributed by atoms with Crippen molar-refractivity contribution in [1.82, 2.24) is 14.9 Å². The number of aryl methyl sites for hydroxylation is 1. The molecule has 2 atom stereocenters. The van der Waals surface area contributed by atoms with Crippen molar-refractivity contribution in [3.05, 3.63) is 18.2 Å². The van der Waals surface area contributed by atoms with Crippen molar-refractivity contribution < 1.29 is 0 Å². The summed E-state index contributed by atoms with van der Waals surface area (Å²) in [7, 11) is 2.06. The van der Waals surface area contributed by atoms with Crippen LogP contribution in [0.5, 0.6) is 0 Å². The van der Waals surface area contributed by atoms with Gasteiger partial charge in [0.2, 0.25) is 0 Å². The summed E-state index contributed by atoms with van der Waals surface area (Å²) in [4.78, 5) is 4.40. The summed E-state index contributed by atoms with van der Waals surface area (Å²) in [6.07, 6.45) is 9.48. The zero-order valence-corrected chi connectivity index (χ0v) is 10.6. The molecular weight excluding hydrogens is 198 g/mol. The highest BCUT2D eigenvalue weighted by molar-refractivity contribution is 4.98. The van der Waals surface area contributed by atoms with Gasteiger partial charge in [-0.1, -0.05) is 12.8 Å². The molecule has 0 spiro atoms. The number of rotatable bonds is 4. The molecule has 1 heterocycles. The van der Waals surface area contributed by atoms with E-state index in [2.05, 4.69) is 35.8 Å². The average Bonchev–Trinajstić information content (AvgIpc) is 2.86. The van der Waals surface area contributed by atoms with E-state index in [1.165, 1.54) is 25.7 Å². The first-order valence-electron chi connectivity index (χ1n) is 6.41. The Morgan fingerprint density at radius 1 is 1.38 bits per heavy atom. The SMILES string of the molecule is CC(N[C@@H](C)C1CCCC1)c1nccn1C. The van der Waals surface area contributed by atoms with Crippen molar-refractivity contribution in [3.63, 3.8) is 0 Å². The van der Waals surface area contributed by atoms with Crippen molar-refractivity contribution in [2.75, 3.05) is 0 Å². The third kappa shape index (κ3) is 2.46. The normalized spacial score (nSPS) is 21.2. The van der Waals surface area contributed by atoms with E-state index in [1.54, 1.807) is 0 Å². The first kappa shape index (κ1) is 11.6. The Kier molecular flexibility index (Phi) is 3.64. The standard InChI is InChI=1S/C13H23N3/c1-10(12-6-4-5-7-12)15-11(2)13-14-8-9-16(13)3/h8-12,15H,4-7H2,1-3H3/t10-,11?/m0/s1. The lowest BCUT2D eigenvalue weighted by molar-refractivity contribution is 0.344. The zero-order valence-electron chi connectivity index (χ0n) is 10.6. The molecule has 0 bridgehead atoms. The summed E-state index contributed by atoms with van der Waals surface area (Å²) in [5.74, 6) is 1.99. The van der Waals surface area contributed by atoms with Crippen LogP contribution in [0.25, 0.3) is 0 Å². The van der Waals surface area contributed by atoms with Crippen molar-refractivity contribution in [2.45, 2.75) is 51.6 Å². The lowest BCUT2D eigenvalue weighted by Crippen LogP contribution is -2.35. The van der Waals surface area contributed by atoms with Crippen LogP contribution in [0.4, 0.5) is 0 Å². The van der Waals surface area contributed by atoms with Crippen LogP contribution >= 0.6 is 0 Å². The number of hydrogen-bond donors (Lipinski definition) is 1. The summed E-state index contributed by atoms with van der Waals surface area (Å²) in [6.45, 7) is 4.52. The van der Waals surface area contributed by atoms with Crippen LogP contribution in [0.15, 0.2) is 12.4 Å². The minimum absolute atomic E-state index is 0.343. The molecule has 0 radical (unpaired) electrons. The van der Waals surface area contributed by atoms with Gasteiger partial charge in [0.1, 0.15) is 5.82 Å². The van der Waals surface area contributed by atoms with Gasteiger partial charge < -0.3 is 9.88 Å². The molecule has 3 heteroatoms. The fourth-order valence-electron chi connectivity index (χ4n) is 2.86. The molecule has 1 aliphatic carbocycles. The van der Waals surface area contributed by atoms with E-state index in [9.17, 15) is 0 Å². The smallest absolute Gasteiger partial charge is 0.125 e. The van der Waals surface area contributed by atoms with Gasteiger partial charge in [-0.2, -0.15) is 0 Å². The topological polar surface area (TPSA) is 29.9 Å². The number of aromatic nitrogens is 2. The molecule has 16 heavy (non-hydrogen) atoms. The Morgan fingerprint density at radius 2 is 2.06 bits per heavy atom. The molecule has 1 fully saturated rings.